The third-order valence-corrected chi connectivity index (χ3v) is 7.58. The molecule has 0 radical (unpaired) electrons. The summed E-state index contributed by atoms with van der Waals surface area (Å²) in [7, 11) is 2.14. The van der Waals surface area contributed by atoms with Crippen molar-refractivity contribution in [3.8, 4) is 17.2 Å². The number of halogens is 1. The van der Waals surface area contributed by atoms with Gasteiger partial charge < -0.3 is 24.2 Å². The van der Waals surface area contributed by atoms with Crippen molar-refractivity contribution in [1.82, 2.24) is 4.90 Å². The summed E-state index contributed by atoms with van der Waals surface area (Å²) in [6.07, 6.45) is 3.49. The number of rotatable bonds is 3. The van der Waals surface area contributed by atoms with E-state index in [1.807, 2.05) is 12.1 Å². The molecule has 2 aromatic rings. The molecule has 0 amide bonds. The summed E-state index contributed by atoms with van der Waals surface area (Å²) < 4.78 is 17.0. The van der Waals surface area contributed by atoms with Crippen molar-refractivity contribution in [3.63, 3.8) is 0 Å². The van der Waals surface area contributed by atoms with Crippen LogP contribution in [-0.2, 0) is 11.8 Å². The van der Waals surface area contributed by atoms with Gasteiger partial charge in [0.2, 0.25) is 0 Å². The Morgan fingerprint density at radius 2 is 1.97 bits per heavy atom. The zero-order chi connectivity index (χ0) is 22.9. The van der Waals surface area contributed by atoms with Gasteiger partial charge in [-0.2, -0.15) is 0 Å². The minimum atomic E-state index is -0.969. The SMILES string of the molecule is CN1CC[C@]23c4c5ccc(OC(=O)Oc6ccc([N+](=O)[O-])cc6)c4O[C@H]2C(O)C=CC3[C@H]1C5.Cl. The van der Waals surface area contributed by atoms with E-state index in [1.54, 1.807) is 6.07 Å². The van der Waals surface area contributed by atoms with Gasteiger partial charge in [0.1, 0.15) is 18.0 Å². The maximum atomic E-state index is 12.5. The Kier molecular flexibility index (Phi) is 5.31. The van der Waals surface area contributed by atoms with Gasteiger partial charge in [0.05, 0.1) is 4.92 Å². The highest BCUT2D eigenvalue weighted by molar-refractivity contribution is 5.85. The lowest BCUT2D eigenvalue weighted by molar-refractivity contribution is -0.384. The van der Waals surface area contributed by atoms with E-state index in [-0.39, 0.29) is 40.9 Å². The monoisotopic (exact) mass is 486 g/mol. The zero-order valence-corrected chi connectivity index (χ0v) is 19.1. The van der Waals surface area contributed by atoms with Gasteiger partial charge in [-0.05, 0) is 50.2 Å². The molecule has 1 saturated heterocycles. The first-order chi connectivity index (χ1) is 15.9. The lowest BCUT2D eigenvalue weighted by Gasteiger charge is -2.56. The highest BCUT2D eigenvalue weighted by atomic mass is 35.5. The molecule has 1 spiro atoms. The normalized spacial score (nSPS) is 29.9. The third-order valence-electron chi connectivity index (χ3n) is 7.58. The largest absolute Gasteiger partial charge is 0.519 e. The number of piperidine rings is 1. The van der Waals surface area contributed by atoms with E-state index >= 15 is 0 Å². The molecular formula is C24H23ClN2O7. The van der Waals surface area contributed by atoms with E-state index in [1.165, 1.54) is 24.3 Å². The molecule has 1 fully saturated rings. The number of hydrogen-bond donors (Lipinski definition) is 1. The number of benzene rings is 2. The summed E-state index contributed by atoms with van der Waals surface area (Å²) in [5, 5.41) is 21.6. The van der Waals surface area contributed by atoms with Crippen molar-refractivity contribution >= 4 is 24.2 Å². The number of non-ortho nitro benzene ring substituents is 1. The van der Waals surface area contributed by atoms with Gasteiger partial charge in [0.15, 0.2) is 11.5 Å². The molecule has 2 heterocycles. The van der Waals surface area contributed by atoms with E-state index < -0.39 is 23.3 Å². The van der Waals surface area contributed by atoms with Crippen molar-refractivity contribution in [2.75, 3.05) is 13.6 Å². The Balaban J connectivity index is 0.00000241. The Morgan fingerprint density at radius 3 is 2.71 bits per heavy atom. The fourth-order valence-electron chi connectivity index (χ4n) is 6.15. The Labute approximate surface area is 201 Å². The second-order valence-corrected chi connectivity index (χ2v) is 9.11. The molecule has 4 aliphatic rings. The molecule has 178 valence electrons. The summed E-state index contributed by atoms with van der Waals surface area (Å²) in [5.41, 5.74) is 1.73. The van der Waals surface area contributed by atoms with Crippen molar-refractivity contribution in [2.24, 2.45) is 5.92 Å². The summed E-state index contributed by atoms with van der Waals surface area (Å²) >= 11 is 0. The molecular weight excluding hydrogens is 464 g/mol. The second kappa shape index (κ2) is 7.97. The molecule has 5 atom stereocenters. The lowest BCUT2D eigenvalue weighted by atomic mass is 9.53. The number of nitro groups is 1. The highest BCUT2D eigenvalue weighted by Crippen LogP contribution is 2.62. The van der Waals surface area contributed by atoms with Crippen LogP contribution in [0.1, 0.15) is 17.5 Å². The maximum Gasteiger partial charge on any atom is 0.519 e. The van der Waals surface area contributed by atoms with Crippen LogP contribution >= 0.6 is 12.4 Å². The van der Waals surface area contributed by atoms with E-state index in [4.69, 9.17) is 14.2 Å². The molecule has 2 aliphatic heterocycles. The van der Waals surface area contributed by atoms with E-state index in [0.717, 1.165) is 30.5 Å². The van der Waals surface area contributed by atoms with Crippen LogP contribution in [0.3, 0.4) is 0 Å². The van der Waals surface area contributed by atoms with Crippen LogP contribution in [0.25, 0.3) is 0 Å². The number of nitro benzene ring substituents is 1. The maximum absolute atomic E-state index is 12.5. The average Bonchev–Trinajstić information content (AvgIpc) is 3.15. The quantitative estimate of drug-likeness (QED) is 0.231. The van der Waals surface area contributed by atoms with Crippen LogP contribution in [0.15, 0.2) is 48.6 Å². The van der Waals surface area contributed by atoms with Gasteiger partial charge >= 0.3 is 6.16 Å². The summed E-state index contributed by atoms with van der Waals surface area (Å²) in [6.45, 7) is 0.897. The number of ether oxygens (including phenoxy) is 3. The first kappa shape index (κ1) is 22.6. The lowest BCUT2D eigenvalue weighted by Crippen LogP contribution is -2.64. The third kappa shape index (κ3) is 3.11. The van der Waals surface area contributed by atoms with Gasteiger partial charge in [-0.1, -0.05) is 18.2 Å². The number of hydrogen-bond acceptors (Lipinski definition) is 8. The van der Waals surface area contributed by atoms with Gasteiger partial charge in [-0.25, -0.2) is 4.79 Å². The van der Waals surface area contributed by atoms with Crippen LogP contribution in [-0.4, -0.2) is 52.9 Å². The molecule has 2 aliphatic carbocycles. The minimum Gasteiger partial charge on any atom is -0.482 e. The fraction of sp³-hybridized carbons (Fsp3) is 0.375. The Morgan fingerprint density at radius 1 is 1.21 bits per heavy atom. The molecule has 34 heavy (non-hydrogen) atoms. The van der Waals surface area contributed by atoms with Crippen LogP contribution in [0, 0.1) is 16.0 Å². The second-order valence-electron chi connectivity index (χ2n) is 9.11. The summed E-state index contributed by atoms with van der Waals surface area (Å²) in [4.78, 5) is 25.1. The van der Waals surface area contributed by atoms with E-state index in [9.17, 15) is 20.0 Å². The predicted molar refractivity (Wildman–Crippen MR) is 123 cm³/mol. The van der Waals surface area contributed by atoms with Crippen molar-refractivity contribution in [3.05, 3.63) is 69.8 Å². The van der Waals surface area contributed by atoms with Crippen molar-refractivity contribution < 1.29 is 29.0 Å². The number of carbonyl (C=O) groups is 1. The van der Waals surface area contributed by atoms with Crippen LogP contribution in [0.4, 0.5) is 10.5 Å². The number of aliphatic hydroxyl groups is 1. The molecule has 0 aromatic heterocycles. The van der Waals surface area contributed by atoms with Gasteiger partial charge in [-0.15, -0.1) is 12.4 Å². The first-order valence-corrected chi connectivity index (χ1v) is 10.9. The molecule has 9 nitrogen and oxygen atoms in total. The molecule has 2 aromatic carbocycles. The molecule has 0 saturated carbocycles. The smallest absolute Gasteiger partial charge is 0.482 e. The Bertz CT molecular complexity index is 1200. The van der Waals surface area contributed by atoms with Crippen molar-refractivity contribution in [1.29, 1.82) is 0 Å². The van der Waals surface area contributed by atoms with Crippen LogP contribution < -0.4 is 14.2 Å². The predicted octanol–water partition coefficient (Wildman–Crippen LogP) is 3.40. The van der Waals surface area contributed by atoms with E-state index in [0.29, 0.717) is 11.8 Å². The minimum absolute atomic E-state index is 0. The number of carbonyl (C=O) groups excluding carboxylic acids is 1. The van der Waals surface area contributed by atoms with Gasteiger partial charge in [0, 0.05) is 35.1 Å². The van der Waals surface area contributed by atoms with Crippen LogP contribution in [0.5, 0.6) is 17.2 Å². The summed E-state index contributed by atoms with van der Waals surface area (Å²) in [6, 6.07) is 9.16. The van der Waals surface area contributed by atoms with Gasteiger partial charge in [0.25, 0.3) is 5.69 Å². The molecule has 2 unspecified atom stereocenters. The number of likely N-dealkylation sites (N-methyl/N-ethyl adjacent to an activating group) is 1. The number of aliphatic hydroxyl groups excluding tert-OH is 1. The topological polar surface area (TPSA) is 111 Å². The number of likely N-dealkylation sites (tertiary alicyclic amines) is 1. The van der Waals surface area contributed by atoms with Crippen molar-refractivity contribution in [2.45, 2.75) is 36.5 Å². The highest BCUT2D eigenvalue weighted by Gasteiger charge is 2.64. The molecule has 1 N–H and O–H groups in total. The fourth-order valence-corrected chi connectivity index (χ4v) is 6.15. The van der Waals surface area contributed by atoms with Crippen LogP contribution in [0.2, 0.25) is 0 Å². The number of nitrogens with zero attached hydrogens (tertiary/aromatic N) is 2. The van der Waals surface area contributed by atoms with E-state index in [2.05, 4.69) is 18.0 Å². The molecule has 10 heteroatoms. The standard InChI is InChI=1S/C24H22N2O7.ClH/c1-25-11-10-24-16-7-8-18(27)22(24)33-21-19(9-2-13(20(21)24)12-17(16)25)32-23(28)31-15-5-3-14(4-6-15)26(29)30;/h2-9,16-18,22,27H,10-12H2,1H3;1H/t16?,17-,18?,22+,24+;/m1./s1. The zero-order valence-electron chi connectivity index (χ0n) is 18.2. The molecule has 2 bridgehead atoms. The first-order valence-electron chi connectivity index (χ1n) is 10.9. The average molecular weight is 487 g/mol. The summed E-state index contributed by atoms with van der Waals surface area (Å²) in [5.74, 6) is 1.08. The molecule has 6 rings (SSSR count). The van der Waals surface area contributed by atoms with Gasteiger partial charge in [-0.3, -0.25) is 10.1 Å². The Hall–Kier alpha value is -3.14.